The van der Waals surface area contributed by atoms with Crippen molar-refractivity contribution in [2.75, 3.05) is 6.54 Å². The number of aromatic nitrogens is 2. The van der Waals surface area contributed by atoms with Gasteiger partial charge in [0.05, 0.1) is 17.1 Å². The lowest BCUT2D eigenvalue weighted by Gasteiger charge is -2.17. The van der Waals surface area contributed by atoms with Crippen LogP contribution < -0.4 is 11.1 Å². The number of para-hydroxylation sites is 2. The van der Waals surface area contributed by atoms with Gasteiger partial charge in [-0.1, -0.05) is 19.1 Å². The van der Waals surface area contributed by atoms with Gasteiger partial charge in [-0.05, 0) is 19.1 Å². The van der Waals surface area contributed by atoms with E-state index in [4.69, 9.17) is 5.73 Å². The molecule has 0 fully saturated rings. The fourth-order valence-electron chi connectivity index (χ4n) is 2.10. The highest BCUT2D eigenvalue weighted by molar-refractivity contribution is 5.85. The molecule has 2 rings (SSSR count). The highest BCUT2D eigenvalue weighted by Gasteiger charge is 2.23. The average molecular weight is 369 g/mol. The molecule has 2 atom stereocenters. The lowest BCUT2D eigenvalue weighted by Crippen LogP contribution is -2.35. The summed E-state index contributed by atoms with van der Waals surface area (Å²) >= 11 is 0. The number of hydrogen-bond donors (Lipinski definition) is 2. The van der Waals surface area contributed by atoms with Gasteiger partial charge in [0.25, 0.3) is 0 Å². The van der Waals surface area contributed by atoms with E-state index in [1.165, 1.54) is 0 Å². The van der Waals surface area contributed by atoms with Crippen LogP contribution in [-0.2, 0) is 4.79 Å². The molecule has 3 N–H and O–H groups in total. The Bertz CT molecular complexity index is 651. The van der Waals surface area contributed by atoms with Crippen LogP contribution in [0.5, 0.6) is 0 Å². The van der Waals surface area contributed by atoms with Crippen molar-refractivity contribution in [3.63, 3.8) is 0 Å². The molecule has 0 saturated carbocycles. The van der Waals surface area contributed by atoms with E-state index in [0.29, 0.717) is 11.0 Å². The van der Waals surface area contributed by atoms with Gasteiger partial charge < -0.3 is 11.1 Å². The zero-order chi connectivity index (χ0) is 15.6. The Labute approximate surface area is 145 Å². The fourth-order valence-corrected chi connectivity index (χ4v) is 2.10. The molecule has 0 aliphatic carbocycles. The van der Waals surface area contributed by atoms with Crippen LogP contribution in [0.2, 0.25) is 0 Å². The van der Waals surface area contributed by atoms with Crippen molar-refractivity contribution >= 4 is 41.8 Å². The number of rotatable bonds is 5. The molecule has 2 unspecified atom stereocenters. The maximum Gasteiger partial charge on any atom is 0.320 e. The first kappa shape index (κ1) is 21.6. The molecule has 2 aromatic rings. The Morgan fingerprint density at radius 1 is 1.30 bits per heavy atom. The summed E-state index contributed by atoms with van der Waals surface area (Å²) in [6, 6.07) is 6.01. The van der Waals surface area contributed by atoms with Gasteiger partial charge in [-0.15, -0.1) is 24.8 Å². The minimum absolute atomic E-state index is 0. The summed E-state index contributed by atoms with van der Waals surface area (Å²) in [5, 5.41) is 2.67. The van der Waals surface area contributed by atoms with Crippen molar-refractivity contribution in [3.05, 3.63) is 30.1 Å². The molecule has 0 saturated heterocycles. The number of amides is 1. The van der Waals surface area contributed by atoms with Gasteiger partial charge in [0, 0.05) is 12.5 Å². The number of carbonyl (C=O) groups excluding carboxylic acids is 1. The number of hydrogen-bond acceptors (Lipinski definition) is 3. The van der Waals surface area contributed by atoms with Crippen LogP contribution in [-0.4, -0.2) is 22.0 Å². The normalized spacial score (nSPS) is 13.1. The molecule has 0 aliphatic rings. The Kier molecular flexibility index (Phi) is 8.44. The lowest BCUT2D eigenvalue weighted by molar-refractivity contribution is -0.125. The first-order chi connectivity index (χ1) is 9.95. The SMILES string of the molecule is CC(CN)C(=O)NC(C)c1nc2ccccc2n1C(F)F.Cl.Cl. The zero-order valence-corrected chi connectivity index (χ0v) is 14.3. The Balaban J connectivity index is 0.00000242. The number of imidazole rings is 1. The third-order valence-electron chi connectivity index (χ3n) is 3.37. The van der Waals surface area contributed by atoms with E-state index in [1.54, 1.807) is 38.1 Å². The highest BCUT2D eigenvalue weighted by Crippen LogP contribution is 2.26. The van der Waals surface area contributed by atoms with Crippen molar-refractivity contribution in [1.29, 1.82) is 0 Å². The van der Waals surface area contributed by atoms with Crippen molar-refractivity contribution < 1.29 is 13.6 Å². The second kappa shape index (κ2) is 9.00. The van der Waals surface area contributed by atoms with E-state index in [1.807, 2.05) is 0 Å². The van der Waals surface area contributed by atoms with E-state index in [0.717, 1.165) is 4.57 Å². The van der Waals surface area contributed by atoms with Crippen LogP contribution in [0.25, 0.3) is 11.0 Å². The van der Waals surface area contributed by atoms with Crippen molar-refractivity contribution in [3.8, 4) is 0 Å². The zero-order valence-electron chi connectivity index (χ0n) is 12.7. The minimum atomic E-state index is -2.72. The number of nitrogens with zero attached hydrogens (tertiary/aromatic N) is 2. The van der Waals surface area contributed by atoms with Crippen LogP contribution in [0, 0.1) is 5.92 Å². The van der Waals surface area contributed by atoms with E-state index in [9.17, 15) is 13.6 Å². The summed E-state index contributed by atoms with van der Waals surface area (Å²) in [5.41, 5.74) is 6.24. The summed E-state index contributed by atoms with van der Waals surface area (Å²) < 4.78 is 27.4. The third kappa shape index (κ3) is 4.53. The Morgan fingerprint density at radius 2 is 1.91 bits per heavy atom. The third-order valence-corrected chi connectivity index (χ3v) is 3.37. The maximum absolute atomic E-state index is 13.3. The molecule has 1 heterocycles. The number of fused-ring (bicyclic) bond motifs is 1. The molecule has 1 amide bonds. The topological polar surface area (TPSA) is 72.9 Å². The van der Waals surface area contributed by atoms with Crippen molar-refractivity contribution in [2.24, 2.45) is 11.7 Å². The van der Waals surface area contributed by atoms with Gasteiger partial charge in [-0.3, -0.25) is 9.36 Å². The van der Waals surface area contributed by atoms with Crippen LogP contribution in [0.3, 0.4) is 0 Å². The molecule has 0 aliphatic heterocycles. The summed E-state index contributed by atoms with van der Waals surface area (Å²) in [4.78, 5) is 16.0. The van der Waals surface area contributed by atoms with E-state index < -0.39 is 12.6 Å². The smallest absolute Gasteiger partial charge is 0.320 e. The van der Waals surface area contributed by atoms with Crippen molar-refractivity contribution in [2.45, 2.75) is 26.4 Å². The lowest BCUT2D eigenvalue weighted by atomic mass is 10.1. The average Bonchev–Trinajstić information content (AvgIpc) is 2.85. The predicted octanol–water partition coefficient (Wildman–Crippen LogP) is 3.05. The minimum Gasteiger partial charge on any atom is -0.346 e. The second-order valence-electron chi connectivity index (χ2n) is 4.97. The number of alkyl halides is 2. The second-order valence-corrected chi connectivity index (χ2v) is 4.97. The summed E-state index contributed by atoms with van der Waals surface area (Å²) in [5.74, 6) is -0.529. The van der Waals surface area contributed by atoms with Gasteiger partial charge in [-0.2, -0.15) is 8.78 Å². The van der Waals surface area contributed by atoms with Gasteiger partial charge in [0.15, 0.2) is 0 Å². The Hall–Kier alpha value is -1.44. The molecule has 0 bridgehead atoms. The molecule has 23 heavy (non-hydrogen) atoms. The number of nitrogens with one attached hydrogen (secondary N) is 1. The van der Waals surface area contributed by atoms with Crippen LogP contribution in [0.4, 0.5) is 8.78 Å². The van der Waals surface area contributed by atoms with Crippen LogP contribution in [0.15, 0.2) is 24.3 Å². The summed E-state index contributed by atoms with van der Waals surface area (Å²) in [6.45, 7) is 0.780. The first-order valence-electron chi connectivity index (χ1n) is 6.71. The fraction of sp³-hybridized carbons (Fsp3) is 0.429. The largest absolute Gasteiger partial charge is 0.346 e. The molecule has 130 valence electrons. The number of halogens is 4. The molecule has 5 nitrogen and oxygen atoms in total. The summed E-state index contributed by atoms with van der Waals surface area (Å²) in [7, 11) is 0. The standard InChI is InChI=1S/C14H18F2N4O.2ClH/c1-8(7-17)13(21)18-9(2)12-19-10-5-3-4-6-11(10)20(12)14(15)16;;/h3-6,8-9,14H,7,17H2,1-2H3,(H,18,21);2*1H. The summed E-state index contributed by atoms with van der Waals surface area (Å²) in [6.07, 6.45) is 0. The Morgan fingerprint density at radius 3 is 2.48 bits per heavy atom. The molecule has 1 aromatic carbocycles. The van der Waals surface area contributed by atoms with E-state index >= 15 is 0 Å². The highest BCUT2D eigenvalue weighted by atomic mass is 35.5. The van der Waals surface area contributed by atoms with E-state index in [-0.39, 0.29) is 49.0 Å². The van der Waals surface area contributed by atoms with Crippen molar-refractivity contribution in [1.82, 2.24) is 14.9 Å². The van der Waals surface area contributed by atoms with Gasteiger partial charge in [0.1, 0.15) is 5.82 Å². The van der Waals surface area contributed by atoms with E-state index in [2.05, 4.69) is 10.3 Å². The molecule has 0 radical (unpaired) electrons. The molecular weight excluding hydrogens is 349 g/mol. The maximum atomic E-state index is 13.3. The molecule has 9 heteroatoms. The quantitative estimate of drug-likeness (QED) is 0.851. The molecule has 1 aromatic heterocycles. The predicted molar refractivity (Wildman–Crippen MR) is 90.3 cm³/mol. The monoisotopic (exact) mass is 368 g/mol. The first-order valence-corrected chi connectivity index (χ1v) is 6.71. The van der Waals surface area contributed by atoms with Crippen LogP contribution >= 0.6 is 24.8 Å². The number of benzene rings is 1. The number of nitrogens with two attached hydrogens (primary N) is 1. The van der Waals surface area contributed by atoms with Gasteiger partial charge >= 0.3 is 6.55 Å². The van der Waals surface area contributed by atoms with Gasteiger partial charge in [0.2, 0.25) is 5.91 Å². The molecule has 0 spiro atoms. The van der Waals surface area contributed by atoms with Crippen LogP contribution in [0.1, 0.15) is 32.3 Å². The van der Waals surface area contributed by atoms with Gasteiger partial charge in [-0.25, -0.2) is 4.98 Å². The molecular formula is C14H20Cl2F2N4O. The number of carbonyl (C=O) groups is 1.